The zero-order chi connectivity index (χ0) is 7.84. The molecule has 0 fully saturated rings. The molecule has 0 spiro atoms. The van der Waals surface area contributed by atoms with Gasteiger partial charge in [0.25, 0.3) is 0 Å². The molecule has 4 heteroatoms. The van der Waals surface area contributed by atoms with Crippen molar-refractivity contribution in [2.45, 2.75) is 0 Å². The van der Waals surface area contributed by atoms with Gasteiger partial charge in [0, 0.05) is 11.6 Å². The van der Waals surface area contributed by atoms with Crippen molar-refractivity contribution in [3.05, 3.63) is 30.5 Å². The highest BCUT2D eigenvalue weighted by atomic mass is 19.1. The molecule has 2 heterocycles. The van der Waals surface area contributed by atoms with Crippen molar-refractivity contribution in [2.24, 2.45) is 0 Å². The van der Waals surface area contributed by atoms with E-state index in [1.54, 1.807) is 0 Å². The van der Waals surface area contributed by atoms with Crippen LogP contribution < -0.4 is 0 Å². The molecule has 0 bridgehead atoms. The van der Waals surface area contributed by atoms with E-state index in [0.717, 1.165) is 10.9 Å². The molecule has 0 unspecified atom stereocenters. The Bertz CT molecular complexity index is 360. The molecule has 0 saturated carbocycles. The van der Waals surface area contributed by atoms with Crippen LogP contribution in [0.4, 0.5) is 4.39 Å². The zero-order valence-electron chi connectivity index (χ0n) is 5.53. The molecule has 0 saturated heterocycles. The third kappa shape index (κ3) is 0.756. The van der Waals surface area contributed by atoms with Crippen LogP contribution in [0.1, 0.15) is 0 Å². The van der Waals surface area contributed by atoms with Crippen molar-refractivity contribution in [3.8, 4) is 0 Å². The highest BCUT2D eigenvalue weighted by molar-refractivity contribution is 5.79. The summed E-state index contributed by atoms with van der Waals surface area (Å²) in [5.74, 6) is -0.440. The fourth-order valence-corrected chi connectivity index (χ4v) is 1.02. The lowest BCUT2D eigenvalue weighted by Gasteiger charge is -1.90. The van der Waals surface area contributed by atoms with Crippen molar-refractivity contribution in [3.63, 3.8) is 0 Å². The fourth-order valence-electron chi connectivity index (χ4n) is 1.02. The van der Waals surface area contributed by atoms with E-state index in [2.05, 4.69) is 4.98 Å². The lowest BCUT2D eigenvalue weighted by molar-refractivity contribution is 0.198. The van der Waals surface area contributed by atoms with Gasteiger partial charge in [-0.15, -0.1) is 0 Å². The number of nitrogens with zero attached hydrogens (tertiary/aromatic N) is 2. The van der Waals surface area contributed by atoms with Crippen molar-refractivity contribution in [2.75, 3.05) is 0 Å². The Kier molecular flexibility index (Phi) is 1.09. The third-order valence-electron chi connectivity index (χ3n) is 1.54. The first-order valence-electron chi connectivity index (χ1n) is 3.09. The quantitative estimate of drug-likeness (QED) is 0.579. The van der Waals surface area contributed by atoms with Gasteiger partial charge in [0.15, 0.2) is 5.82 Å². The van der Waals surface area contributed by atoms with Crippen LogP contribution in [0.2, 0.25) is 0 Å². The van der Waals surface area contributed by atoms with E-state index in [0.29, 0.717) is 10.9 Å². The molecule has 3 nitrogen and oxygen atoms in total. The Hall–Kier alpha value is -1.58. The average molecular weight is 152 g/mol. The molecular formula is C7H5FN2O. The molecular weight excluding hydrogens is 147 g/mol. The lowest BCUT2D eigenvalue weighted by Crippen LogP contribution is -1.85. The number of halogens is 1. The minimum Gasteiger partial charge on any atom is -0.428 e. The maximum atomic E-state index is 12.8. The first-order chi connectivity index (χ1) is 5.29. The van der Waals surface area contributed by atoms with Crippen LogP contribution in [0.15, 0.2) is 24.7 Å². The predicted octanol–water partition coefficient (Wildman–Crippen LogP) is 1.41. The maximum absolute atomic E-state index is 12.8. The van der Waals surface area contributed by atoms with E-state index in [9.17, 15) is 4.39 Å². The Labute approximate surface area is 61.7 Å². The van der Waals surface area contributed by atoms with E-state index in [1.165, 1.54) is 18.5 Å². The number of hydrogen-bond donors (Lipinski definition) is 1. The van der Waals surface area contributed by atoms with Crippen molar-refractivity contribution < 1.29 is 9.60 Å². The van der Waals surface area contributed by atoms with Crippen molar-refractivity contribution in [1.29, 1.82) is 0 Å². The van der Waals surface area contributed by atoms with Gasteiger partial charge in [0.2, 0.25) is 0 Å². The van der Waals surface area contributed by atoms with E-state index in [4.69, 9.17) is 5.21 Å². The van der Waals surface area contributed by atoms with Crippen LogP contribution >= 0.6 is 0 Å². The van der Waals surface area contributed by atoms with E-state index >= 15 is 0 Å². The second-order valence-electron chi connectivity index (χ2n) is 2.21. The zero-order valence-corrected chi connectivity index (χ0v) is 5.53. The van der Waals surface area contributed by atoms with Crippen molar-refractivity contribution in [1.82, 2.24) is 9.71 Å². The number of rotatable bonds is 0. The topological polar surface area (TPSA) is 38.0 Å². The smallest absolute Gasteiger partial charge is 0.152 e. The maximum Gasteiger partial charge on any atom is 0.152 e. The summed E-state index contributed by atoms with van der Waals surface area (Å²) in [6.07, 6.45) is 3.89. The van der Waals surface area contributed by atoms with Crippen LogP contribution in [0.25, 0.3) is 10.9 Å². The van der Waals surface area contributed by atoms with Gasteiger partial charge in [0.1, 0.15) is 5.52 Å². The molecule has 56 valence electrons. The van der Waals surface area contributed by atoms with Gasteiger partial charge in [-0.3, -0.25) is 4.98 Å². The van der Waals surface area contributed by atoms with Gasteiger partial charge in [0.05, 0.1) is 12.4 Å². The van der Waals surface area contributed by atoms with Crippen LogP contribution in [-0.2, 0) is 0 Å². The molecule has 0 amide bonds. The summed E-state index contributed by atoms with van der Waals surface area (Å²) in [5, 5.41) is 9.41. The third-order valence-corrected chi connectivity index (χ3v) is 1.54. The highest BCUT2D eigenvalue weighted by Crippen LogP contribution is 2.16. The lowest BCUT2D eigenvalue weighted by atomic mass is 10.3. The molecule has 0 radical (unpaired) electrons. The fraction of sp³-hybridized carbons (Fsp3) is 0. The monoisotopic (exact) mass is 152 g/mol. The molecule has 11 heavy (non-hydrogen) atoms. The molecule has 2 rings (SSSR count). The second-order valence-corrected chi connectivity index (χ2v) is 2.21. The van der Waals surface area contributed by atoms with Gasteiger partial charge in [-0.1, -0.05) is 0 Å². The average Bonchev–Trinajstić information content (AvgIpc) is 2.30. The van der Waals surface area contributed by atoms with E-state index in [-0.39, 0.29) is 0 Å². The highest BCUT2D eigenvalue weighted by Gasteiger charge is 2.05. The minimum atomic E-state index is -0.440. The summed E-state index contributed by atoms with van der Waals surface area (Å²) < 4.78 is 13.5. The summed E-state index contributed by atoms with van der Waals surface area (Å²) in [5.41, 5.74) is 0.380. The Morgan fingerprint density at radius 3 is 3.09 bits per heavy atom. The molecule has 0 aromatic carbocycles. The van der Waals surface area contributed by atoms with Gasteiger partial charge < -0.3 is 5.21 Å². The number of hydrogen-bond acceptors (Lipinski definition) is 2. The Balaban J connectivity index is 2.95. The molecule has 0 aliphatic heterocycles. The molecule has 0 aliphatic carbocycles. The largest absolute Gasteiger partial charge is 0.428 e. The molecule has 2 aromatic rings. The summed E-state index contributed by atoms with van der Waals surface area (Å²) in [6.45, 7) is 0. The molecule has 1 N–H and O–H groups in total. The standard InChI is InChI=1S/C7H5FN2O/c8-6-4-10(11)7-3-9-2-1-5(6)7/h1-4,11H. The number of pyridine rings is 1. The molecule has 2 aromatic heterocycles. The SMILES string of the molecule is On1cc(F)c2ccncc21. The summed E-state index contributed by atoms with van der Waals surface area (Å²) in [7, 11) is 0. The van der Waals surface area contributed by atoms with Crippen LogP contribution in [-0.4, -0.2) is 14.9 Å². The normalized spacial score (nSPS) is 10.6. The minimum absolute atomic E-state index is 0.377. The van der Waals surface area contributed by atoms with Gasteiger partial charge in [-0.05, 0) is 6.07 Å². The first-order valence-corrected chi connectivity index (χ1v) is 3.09. The molecule has 0 aliphatic rings. The summed E-state index contributed by atoms with van der Waals surface area (Å²) in [6, 6.07) is 1.51. The van der Waals surface area contributed by atoms with Gasteiger partial charge in [-0.25, -0.2) is 4.39 Å². The summed E-state index contributed by atoms with van der Waals surface area (Å²) in [4.78, 5) is 3.74. The molecule has 0 atom stereocenters. The van der Waals surface area contributed by atoms with Gasteiger partial charge in [-0.2, -0.15) is 4.73 Å². The van der Waals surface area contributed by atoms with Crippen LogP contribution in [0.5, 0.6) is 0 Å². The second kappa shape index (κ2) is 1.95. The van der Waals surface area contributed by atoms with Crippen LogP contribution in [0, 0.1) is 5.82 Å². The first kappa shape index (κ1) is 6.15. The summed E-state index contributed by atoms with van der Waals surface area (Å²) >= 11 is 0. The van der Waals surface area contributed by atoms with Gasteiger partial charge >= 0.3 is 0 Å². The van der Waals surface area contributed by atoms with Crippen molar-refractivity contribution >= 4 is 10.9 Å². The predicted molar refractivity (Wildman–Crippen MR) is 36.9 cm³/mol. The number of aromatic nitrogens is 2. The van der Waals surface area contributed by atoms with Crippen LogP contribution in [0.3, 0.4) is 0 Å². The Morgan fingerprint density at radius 1 is 1.55 bits per heavy atom. The van der Waals surface area contributed by atoms with E-state index < -0.39 is 5.82 Å². The van der Waals surface area contributed by atoms with E-state index in [1.807, 2.05) is 0 Å². The number of fused-ring (bicyclic) bond motifs is 1. The Morgan fingerprint density at radius 2 is 2.36 bits per heavy atom.